The van der Waals surface area contributed by atoms with Crippen molar-refractivity contribution in [2.24, 2.45) is 0 Å². The molecule has 0 amide bonds. The molecule has 1 aliphatic carbocycles. The molecule has 138 valence electrons. The fourth-order valence-electron chi connectivity index (χ4n) is 2.54. The summed E-state index contributed by atoms with van der Waals surface area (Å²) in [4.78, 5) is 7.99. The lowest BCUT2D eigenvalue weighted by molar-refractivity contribution is 0.405. The Morgan fingerprint density at radius 1 is 1.23 bits per heavy atom. The Kier molecular flexibility index (Phi) is 5.01. The SMILES string of the molecule is CCC.COc1cc2ncc(-c3nc(N)c(F)cc3F)n2nc1C1CC1. The maximum absolute atomic E-state index is 14.1. The van der Waals surface area contributed by atoms with E-state index in [1.807, 2.05) is 0 Å². The molecule has 6 nitrogen and oxygen atoms in total. The molecule has 1 aliphatic rings. The summed E-state index contributed by atoms with van der Waals surface area (Å²) in [6, 6.07) is 2.46. The fourth-order valence-corrected chi connectivity index (χ4v) is 2.54. The Morgan fingerprint density at radius 2 is 1.92 bits per heavy atom. The van der Waals surface area contributed by atoms with Crippen LogP contribution in [0.5, 0.6) is 5.75 Å². The van der Waals surface area contributed by atoms with E-state index in [2.05, 4.69) is 28.9 Å². The highest BCUT2D eigenvalue weighted by Crippen LogP contribution is 2.43. The number of nitrogens with zero attached hydrogens (tertiary/aromatic N) is 4. The standard InChI is InChI=1S/C15H13F2N5O.C3H8/c1-23-11-5-12-19-6-10(22(12)21-13(11)7-2-3-7)14-8(16)4-9(17)15(18)20-14;1-3-2/h4-7H,2-3H2,1H3,(H2,18,20);3H2,1-2H3. The summed E-state index contributed by atoms with van der Waals surface area (Å²) >= 11 is 0. The number of anilines is 1. The third-order valence-electron chi connectivity index (χ3n) is 3.87. The minimum atomic E-state index is -0.895. The van der Waals surface area contributed by atoms with Gasteiger partial charge in [0.25, 0.3) is 0 Å². The molecule has 0 aliphatic heterocycles. The van der Waals surface area contributed by atoms with E-state index < -0.39 is 11.6 Å². The lowest BCUT2D eigenvalue weighted by atomic mass is 10.2. The van der Waals surface area contributed by atoms with Crippen LogP contribution in [-0.2, 0) is 0 Å². The van der Waals surface area contributed by atoms with E-state index in [0.29, 0.717) is 29.1 Å². The molecule has 1 saturated carbocycles. The monoisotopic (exact) mass is 361 g/mol. The molecule has 0 aromatic carbocycles. The predicted molar refractivity (Wildman–Crippen MR) is 95.0 cm³/mol. The topological polar surface area (TPSA) is 78.3 Å². The zero-order valence-corrected chi connectivity index (χ0v) is 15.0. The van der Waals surface area contributed by atoms with Crippen LogP contribution < -0.4 is 10.5 Å². The van der Waals surface area contributed by atoms with E-state index in [-0.39, 0.29) is 11.5 Å². The molecule has 8 heteroatoms. The number of halogens is 2. The molecule has 0 saturated heterocycles. The van der Waals surface area contributed by atoms with Crippen LogP contribution >= 0.6 is 0 Å². The van der Waals surface area contributed by atoms with E-state index in [0.717, 1.165) is 18.5 Å². The van der Waals surface area contributed by atoms with Gasteiger partial charge < -0.3 is 10.5 Å². The quantitative estimate of drug-likeness (QED) is 0.764. The molecular weight excluding hydrogens is 340 g/mol. The number of fused-ring (bicyclic) bond motifs is 1. The molecule has 0 radical (unpaired) electrons. The van der Waals surface area contributed by atoms with Crippen molar-refractivity contribution in [3.05, 3.63) is 35.7 Å². The summed E-state index contributed by atoms with van der Waals surface area (Å²) in [6.45, 7) is 4.25. The molecule has 3 aromatic rings. The van der Waals surface area contributed by atoms with E-state index in [1.165, 1.54) is 17.1 Å². The van der Waals surface area contributed by atoms with E-state index >= 15 is 0 Å². The van der Waals surface area contributed by atoms with Crippen LogP contribution in [0.4, 0.5) is 14.6 Å². The first-order valence-electron chi connectivity index (χ1n) is 8.54. The number of methoxy groups -OCH3 is 1. The van der Waals surface area contributed by atoms with Gasteiger partial charge in [0.1, 0.15) is 22.8 Å². The predicted octanol–water partition coefficient (Wildman–Crippen LogP) is 3.95. The highest BCUT2D eigenvalue weighted by molar-refractivity contribution is 5.63. The summed E-state index contributed by atoms with van der Waals surface area (Å²) in [5.41, 5.74) is 6.97. The second-order valence-corrected chi connectivity index (χ2v) is 6.18. The van der Waals surface area contributed by atoms with Crippen molar-refractivity contribution >= 4 is 11.5 Å². The molecule has 3 heterocycles. The number of aromatic nitrogens is 4. The summed E-state index contributed by atoms with van der Waals surface area (Å²) in [6.07, 6.45) is 4.76. The van der Waals surface area contributed by atoms with Crippen molar-refractivity contribution in [1.29, 1.82) is 0 Å². The molecule has 0 unspecified atom stereocenters. The Hall–Kier alpha value is -2.77. The molecule has 0 atom stereocenters. The van der Waals surface area contributed by atoms with Crippen LogP contribution in [0.1, 0.15) is 44.7 Å². The smallest absolute Gasteiger partial charge is 0.168 e. The Bertz CT molecular complexity index is 937. The lowest BCUT2D eigenvalue weighted by Gasteiger charge is -2.09. The average Bonchev–Trinajstić information content (AvgIpc) is 3.38. The Balaban J connectivity index is 0.000000613. The second kappa shape index (κ2) is 7.23. The average molecular weight is 361 g/mol. The number of hydrogen-bond donors (Lipinski definition) is 1. The molecule has 0 bridgehead atoms. The summed E-state index contributed by atoms with van der Waals surface area (Å²) in [5.74, 6) is -1.09. The van der Waals surface area contributed by atoms with Gasteiger partial charge in [-0.25, -0.2) is 23.3 Å². The van der Waals surface area contributed by atoms with Crippen molar-refractivity contribution in [1.82, 2.24) is 19.6 Å². The number of nitrogen functional groups attached to an aromatic ring is 1. The van der Waals surface area contributed by atoms with Crippen LogP contribution in [0.3, 0.4) is 0 Å². The molecule has 26 heavy (non-hydrogen) atoms. The highest BCUT2D eigenvalue weighted by Gasteiger charge is 2.30. The number of nitrogens with two attached hydrogens (primary N) is 1. The zero-order valence-electron chi connectivity index (χ0n) is 15.0. The Morgan fingerprint density at radius 3 is 2.54 bits per heavy atom. The van der Waals surface area contributed by atoms with Crippen molar-refractivity contribution in [2.75, 3.05) is 12.8 Å². The van der Waals surface area contributed by atoms with Crippen LogP contribution in [0.25, 0.3) is 17.0 Å². The van der Waals surface area contributed by atoms with E-state index in [9.17, 15) is 8.78 Å². The first kappa shape index (κ1) is 18.0. The normalized spacial score (nSPS) is 13.4. The van der Waals surface area contributed by atoms with E-state index in [4.69, 9.17) is 10.5 Å². The van der Waals surface area contributed by atoms with Crippen molar-refractivity contribution < 1.29 is 13.5 Å². The van der Waals surface area contributed by atoms with Crippen molar-refractivity contribution in [3.63, 3.8) is 0 Å². The van der Waals surface area contributed by atoms with Crippen LogP contribution in [-0.4, -0.2) is 26.7 Å². The van der Waals surface area contributed by atoms with Crippen molar-refractivity contribution in [2.45, 2.75) is 39.0 Å². The van der Waals surface area contributed by atoms with Crippen LogP contribution in [0.15, 0.2) is 18.3 Å². The van der Waals surface area contributed by atoms with E-state index in [1.54, 1.807) is 13.2 Å². The van der Waals surface area contributed by atoms with Gasteiger partial charge in [-0.05, 0) is 12.8 Å². The molecule has 4 rings (SSSR count). The lowest BCUT2D eigenvalue weighted by Crippen LogP contribution is -2.05. The molecule has 1 fully saturated rings. The highest BCUT2D eigenvalue weighted by atomic mass is 19.1. The van der Waals surface area contributed by atoms with Gasteiger partial charge in [-0.3, -0.25) is 0 Å². The van der Waals surface area contributed by atoms with Gasteiger partial charge in [-0.1, -0.05) is 20.3 Å². The third-order valence-corrected chi connectivity index (χ3v) is 3.87. The molecule has 0 spiro atoms. The minimum Gasteiger partial charge on any atom is -0.495 e. The van der Waals surface area contributed by atoms with Gasteiger partial charge in [-0.15, -0.1) is 0 Å². The van der Waals surface area contributed by atoms with Crippen LogP contribution in [0.2, 0.25) is 0 Å². The number of ether oxygens (including phenoxy) is 1. The summed E-state index contributed by atoms with van der Waals surface area (Å²) in [7, 11) is 1.57. The minimum absolute atomic E-state index is 0.0872. The molecule has 2 N–H and O–H groups in total. The van der Waals surface area contributed by atoms with Gasteiger partial charge in [0.15, 0.2) is 23.1 Å². The molecular formula is C18H21F2N5O. The fraction of sp³-hybridized carbons (Fsp3) is 0.389. The summed E-state index contributed by atoms with van der Waals surface area (Å²) < 4.78 is 34.2. The van der Waals surface area contributed by atoms with Gasteiger partial charge >= 0.3 is 0 Å². The van der Waals surface area contributed by atoms with Gasteiger partial charge in [0, 0.05) is 18.1 Å². The number of rotatable bonds is 3. The second-order valence-electron chi connectivity index (χ2n) is 6.18. The van der Waals surface area contributed by atoms with Gasteiger partial charge in [0.05, 0.1) is 13.3 Å². The van der Waals surface area contributed by atoms with Crippen LogP contribution in [0, 0.1) is 11.6 Å². The maximum atomic E-state index is 14.1. The maximum Gasteiger partial charge on any atom is 0.168 e. The number of imidazole rings is 1. The third kappa shape index (κ3) is 3.31. The number of hydrogen-bond acceptors (Lipinski definition) is 5. The van der Waals surface area contributed by atoms with Gasteiger partial charge in [0.2, 0.25) is 0 Å². The molecule has 3 aromatic heterocycles. The van der Waals surface area contributed by atoms with Crippen molar-refractivity contribution in [3.8, 4) is 17.1 Å². The number of pyridine rings is 1. The largest absolute Gasteiger partial charge is 0.495 e. The first-order valence-corrected chi connectivity index (χ1v) is 8.54. The van der Waals surface area contributed by atoms with Gasteiger partial charge in [-0.2, -0.15) is 5.10 Å². The zero-order chi connectivity index (χ0) is 18.8. The summed E-state index contributed by atoms with van der Waals surface area (Å²) in [5, 5.41) is 4.53. The Labute approximate surface area is 150 Å². The first-order chi connectivity index (χ1) is 12.5.